The van der Waals surface area contributed by atoms with E-state index in [0.29, 0.717) is 6.07 Å². The monoisotopic (exact) mass is 552 g/mol. The van der Waals surface area contributed by atoms with E-state index < -0.39 is 57.7 Å². The van der Waals surface area contributed by atoms with Gasteiger partial charge in [0.1, 0.15) is 5.82 Å². The average molecular weight is 553 g/mol. The molecule has 4 aromatic carbocycles. The molecule has 0 saturated carbocycles. The van der Waals surface area contributed by atoms with Crippen LogP contribution in [0.2, 0.25) is 0 Å². The molecule has 0 aliphatic rings. The molecule has 0 aliphatic heterocycles. The SMILES string of the molecule is CCCCCc1ccc(C(F)(F)Oc2ccc(CCc3cc(F)c4c(F)c(F)c(F)cc4c3)c(F)c2F)cc1. The van der Waals surface area contributed by atoms with E-state index in [1.807, 2.05) is 0 Å². The lowest BCUT2D eigenvalue weighted by Gasteiger charge is -2.19. The van der Waals surface area contributed by atoms with E-state index >= 15 is 0 Å². The summed E-state index contributed by atoms with van der Waals surface area (Å²) in [4.78, 5) is 0. The van der Waals surface area contributed by atoms with Gasteiger partial charge in [-0.1, -0.05) is 44.0 Å². The molecule has 0 aromatic heterocycles. The standard InChI is InChI=1S/C30H24F8O/c1-2-3-4-5-17-7-11-21(12-8-17)30(37,38)39-24-13-10-19(26(33)28(24)35)9-6-18-14-20-16-23(32)27(34)29(36)25(20)22(31)15-18/h7-8,10-16H,2-6,9H2,1H3. The van der Waals surface area contributed by atoms with Crippen LogP contribution in [-0.2, 0) is 25.4 Å². The molecule has 206 valence electrons. The molecule has 1 nitrogen and oxygen atoms in total. The Morgan fingerprint density at radius 2 is 1.36 bits per heavy atom. The maximum Gasteiger partial charge on any atom is 0.426 e. The first-order chi connectivity index (χ1) is 18.5. The normalized spacial score (nSPS) is 11.8. The second-order valence-electron chi connectivity index (χ2n) is 9.29. The Balaban J connectivity index is 1.48. The Bertz CT molecular complexity index is 1480. The van der Waals surface area contributed by atoms with Gasteiger partial charge in [0.2, 0.25) is 5.82 Å². The smallest absolute Gasteiger partial charge is 0.426 e. The lowest BCUT2D eigenvalue weighted by atomic mass is 9.99. The summed E-state index contributed by atoms with van der Waals surface area (Å²) in [6.07, 6.45) is -0.517. The molecule has 9 heteroatoms. The van der Waals surface area contributed by atoms with Crippen LogP contribution in [0.25, 0.3) is 10.8 Å². The van der Waals surface area contributed by atoms with Crippen LogP contribution in [0.15, 0.2) is 54.6 Å². The molecule has 0 bridgehead atoms. The van der Waals surface area contributed by atoms with E-state index in [4.69, 9.17) is 0 Å². The van der Waals surface area contributed by atoms with Crippen molar-refractivity contribution in [2.24, 2.45) is 0 Å². The Labute approximate surface area is 220 Å². The number of ether oxygens (including phenoxy) is 1. The zero-order valence-corrected chi connectivity index (χ0v) is 20.9. The third-order valence-electron chi connectivity index (χ3n) is 6.49. The number of halogens is 8. The van der Waals surface area contributed by atoms with Gasteiger partial charge in [-0.15, -0.1) is 0 Å². The number of alkyl halides is 2. The van der Waals surface area contributed by atoms with E-state index in [1.54, 1.807) is 0 Å². The van der Waals surface area contributed by atoms with Gasteiger partial charge in [0.25, 0.3) is 0 Å². The van der Waals surface area contributed by atoms with Crippen molar-refractivity contribution in [2.45, 2.75) is 51.6 Å². The minimum atomic E-state index is -3.93. The molecular formula is C30H24F8O. The number of benzene rings is 4. The maximum atomic E-state index is 14.7. The molecule has 0 N–H and O–H groups in total. The number of hydrogen-bond acceptors (Lipinski definition) is 1. The van der Waals surface area contributed by atoms with Crippen molar-refractivity contribution in [1.82, 2.24) is 0 Å². The first-order valence-electron chi connectivity index (χ1n) is 12.4. The molecule has 0 atom stereocenters. The van der Waals surface area contributed by atoms with Crippen molar-refractivity contribution in [3.8, 4) is 5.75 Å². The van der Waals surface area contributed by atoms with Gasteiger partial charge in [-0.2, -0.15) is 13.2 Å². The number of hydrogen-bond donors (Lipinski definition) is 0. The van der Waals surface area contributed by atoms with Crippen molar-refractivity contribution in [1.29, 1.82) is 0 Å². The molecule has 0 heterocycles. The summed E-state index contributed by atoms with van der Waals surface area (Å²) in [5.74, 6) is -10.2. The molecule has 0 amide bonds. The number of fused-ring (bicyclic) bond motifs is 1. The zero-order valence-electron chi connectivity index (χ0n) is 20.9. The quantitative estimate of drug-likeness (QED) is 0.108. The summed E-state index contributed by atoms with van der Waals surface area (Å²) in [5.41, 5.74) is 0.321. The fourth-order valence-corrected chi connectivity index (χ4v) is 4.35. The van der Waals surface area contributed by atoms with Gasteiger partial charge in [-0.3, -0.25) is 0 Å². The summed E-state index contributed by atoms with van der Waals surface area (Å²) in [6.45, 7) is 2.05. The third-order valence-corrected chi connectivity index (χ3v) is 6.49. The van der Waals surface area contributed by atoms with Crippen LogP contribution < -0.4 is 4.74 Å². The Morgan fingerprint density at radius 3 is 2.05 bits per heavy atom. The van der Waals surface area contributed by atoms with Crippen molar-refractivity contribution < 1.29 is 39.9 Å². The van der Waals surface area contributed by atoms with Gasteiger partial charge in [-0.25, -0.2) is 22.0 Å². The predicted octanol–water partition coefficient (Wildman–Crippen LogP) is 9.32. The van der Waals surface area contributed by atoms with Gasteiger partial charge in [0, 0.05) is 0 Å². The largest absolute Gasteiger partial charge is 0.426 e. The van der Waals surface area contributed by atoms with Gasteiger partial charge in [-0.05, 0) is 78.1 Å². The Morgan fingerprint density at radius 1 is 0.641 bits per heavy atom. The number of aryl methyl sites for hydroxylation is 3. The fraction of sp³-hybridized carbons (Fsp3) is 0.267. The second-order valence-corrected chi connectivity index (χ2v) is 9.29. The lowest BCUT2D eigenvalue weighted by molar-refractivity contribution is -0.187. The average Bonchev–Trinajstić information content (AvgIpc) is 2.89. The van der Waals surface area contributed by atoms with Crippen molar-refractivity contribution in [3.63, 3.8) is 0 Å². The molecule has 0 saturated heterocycles. The zero-order chi connectivity index (χ0) is 28.3. The highest BCUT2D eigenvalue weighted by Gasteiger charge is 2.36. The first-order valence-corrected chi connectivity index (χ1v) is 12.4. The van der Waals surface area contributed by atoms with Crippen LogP contribution in [0, 0.1) is 34.9 Å². The molecule has 4 rings (SSSR count). The van der Waals surface area contributed by atoms with Crippen molar-refractivity contribution in [2.75, 3.05) is 0 Å². The Kier molecular flexibility index (Phi) is 8.47. The molecule has 0 unspecified atom stereocenters. The maximum absolute atomic E-state index is 14.7. The molecule has 0 spiro atoms. The molecular weight excluding hydrogens is 528 g/mol. The summed E-state index contributed by atoms with van der Waals surface area (Å²) in [7, 11) is 0. The van der Waals surface area contributed by atoms with Gasteiger partial charge >= 0.3 is 6.11 Å². The Hall–Kier alpha value is -3.62. The highest BCUT2D eigenvalue weighted by Crippen LogP contribution is 2.35. The van der Waals surface area contributed by atoms with E-state index in [-0.39, 0.29) is 29.4 Å². The van der Waals surface area contributed by atoms with Crippen LogP contribution in [0.3, 0.4) is 0 Å². The predicted molar refractivity (Wildman–Crippen MR) is 132 cm³/mol. The molecule has 4 aromatic rings. The van der Waals surface area contributed by atoms with Crippen molar-refractivity contribution in [3.05, 3.63) is 112 Å². The first kappa shape index (κ1) is 28.4. The minimum absolute atomic E-state index is 0.0925. The van der Waals surface area contributed by atoms with Crippen molar-refractivity contribution >= 4 is 10.8 Å². The lowest BCUT2D eigenvalue weighted by Crippen LogP contribution is -2.22. The molecule has 0 aliphatic carbocycles. The number of unbranched alkanes of at least 4 members (excludes halogenated alkanes) is 2. The summed E-state index contributed by atoms with van der Waals surface area (Å²) >= 11 is 0. The van der Waals surface area contributed by atoms with Crippen LogP contribution in [0.4, 0.5) is 35.1 Å². The van der Waals surface area contributed by atoms with E-state index in [2.05, 4.69) is 11.7 Å². The summed E-state index contributed by atoms with van der Waals surface area (Å²) in [6, 6.07) is 10.1. The van der Waals surface area contributed by atoms with Crippen LogP contribution in [0.5, 0.6) is 5.75 Å². The van der Waals surface area contributed by atoms with E-state index in [9.17, 15) is 35.1 Å². The van der Waals surface area contributed by atoms with Gasteiger partial charge in [0.05, 0.1) is 10.9 Å². The van der Waals surface area contributed by atoms with Crippen LogP contribution in [0.1, 0.15) is 48.4 Å². The highest BCUT2D eigenvalue weighted by atomic mass is 19.3. The van der Waals surface area contributed by atoms with Crippen LogP contribution in [-0.4, -0.2) is 0 Å². The molecule has 0 fully saturated rings. The topological polar surface area (TPSA) is 9.23 Å². The van der Waals surface area contributed by atoms with Gasteiger partial charge in [0.15, 0.2) is 29.0 Å². The highest BCUT2D eigenvalue weighted by molar-refractivity contribution is 5.84. The fourth-order valence-electron chi connectivity index (χ4n) is 4.35. The number of rotatable bonds is 10. The summed E-state index contributed by atoms with van der Waals surface area (Å²) < 4.78 is 119. The third kappa shape index (κ3) is 6.18. The van der Waals surface area contributed by atoms with E-state index in [1.165, 1.54) is 30.3 Å². The van der Waals surface area contributed by atoms with E-state index in [0.717, 1.165) is 49.4 Å². The minimum Gasteiger partial charge on any atom is -0.426 e. The van der Waals surface area contributed by atoms with Gasteiger partial charge < -0.3 is 4.74 Å². The summed E-state index contributed by atoms with van der Waals surface area (Å²) in [5, 5.41) is -0.975. The molecule has 39 heavy (non-hydrogen) atoms. The van der Waals surface area contributed by atoms with Crippen LogP contribution >= 0.6 is 0 Å². The second kappa shape index (κ2) is 11.6. The molecule has 0 radical (unpaired) electrons.